The van der Waals surface area contributed by atoms with Gasteiger partial charge in [0.25, 0.3) is 5.91 Å². The molecule has 0 saturated carbocycles. The summed E-state index contributed by atoms with van der Waals surface area (Å²) >= 11 is 0. The number of hydrogen-bond donors (Lipinski definition) is 2. The molecule has 0 aromatic heterocycles. The molecule has 112 valence electrons. The van der Waals surface area contributed by atoms with Crippen molar-refractivity contribution in [2.24, 2.45) is 0 Å². The van der Waals surface area contributed by atoms with E-state index in [1.54, 1.807) is 0 Å². The highest BCUT2D eigenvalue weighted by Gasteiger charge is 2.22. The van der Waals surface area contributed by atoms with Crippen LogP contribution in [0, 0.1) is 18.6 Å². The van der Waals surface area contributed by atoms with Crippen LogP contribution in [0.3, 0.4) is 0 Å². The first-order valence-corrected chi connectivity index (χ1v) is 6.47. The number of benzene rings is 1. The zero-order chi connectivity index (χ0) is 14.0. The highest BCUT2D eigenvalue weighted by Crippen LogP contribution is 2.15. The first kappa shape index (κ1) is 16.9. The van der Waals surface area contributed by atoms with Crippen molar-refractivity contribution in [2.45, 2.75) is 38.8 Å². The van der Waals surface area contributed by atoms with E-state index in [2.05, 4.69) is 10.6 Å². The Morgan fingerprint density at radius 2 is 2.05 bits per heavy atom. The Kier molecular flexibility index (Phi) is 5.89. The molecule has 0 radical (unpaired) electrons. The van der Waals surface area contributed by atoms with E-state index in [-0.39, 0.29) is 29.6 Å². The maximum Gasteiger partial charge on any atom is 0.254 e. The summed E-state index contributed by atoms with van der Waals surface area (Å²) in [4.78, 5) is 12.0. The normalized spacial score (nSPS) is 22.0. The Hall–Kier alpha value is -1.20. The first-order chi connectivity index (χ1) is 8.97. The van der Waals surface area contributed by atoms with Gasteiger partial charge >= 0.3 is 0 Å². The first-order valence-electron chi connectivity index (χ1n) is 6.47. The zero-order valence-electron chi connectivity index (χ0n) is 11.5. The second-order valence-corrected chi connectivity index (χ2v) is 5.13. The van der Waals surface area contributed by atoms with Crippen LogP contribution in [-0.2, 0) is 0 Å². The molecule has 0 bridgehead atoms. The highest BCUT2D eigenvalue weighted by atomic mass is 35.5. The van der Waals surface area contributed by atoms with E-state index in [9.17, 15) is 13.6 Å². The molecule has 0 spiro atoms. The third-order valence-corrected chi connectivity index (χ3v) is 3.45. The molecule has 1 saturated heterocycles. The summed E-state index contributed by atoms with van der Waals surface area (Å²) in [6.45, 7) is 4.39. The molecule has 1 amide bonds. The topological polar surface area (TPSA) is 41.1 Å². The molecule has 2 atom stereocenters. The van der Waals surface area contributed by atoms with Crippen LogP contribution in [0.2, 0.25) is 0 Å². The molecular formula is C14H19ClF2N2O. The quantitative estimate of drug-likeness (QED) is 0.882. The van der Waals surface area contributed by atoms with E-state index >= 15 is 0 Å². The minimum Gasteiger partial charge on any atom is -0.349 e. The summed E-state index contributed by atoms with van der Waals surface area (Å²) in [6.07, 6.45) is 1.63. The summed E-state index contributed by atoms with van der Waals surface area (Å²) < 4.78 is 26.8. The summed E-state index contributed by atoms with van der Waals surface area (Å²) in [5, 5.41) is 6.09. The molecule has 1 heterocycles. The SMILES string of the molecule is Cc1cc(C(=O)NC2CCNC(C)C2)c(F)cc1F.Cl. The van der Waals surface area contributed by atoms with Gasteiger partial charge in [0.2, 0.25) is 0 Å². The summed E-state index contributed by atoms with van der Waals surface area (Å²) in [6, 6.07) is 2.38. The van der Waals surface area contributed by atoms with Gasteiger partial charge in [-0.2, -0.15) is 0 Å². The molecule has 2 rings (SSSR count). The molecule has 1 aromatic rings. The lowest BCUT2D eigenvalue weighted by atomic mass is 10.00. The Bertz CT molecular complexity index is 496. The van der Waals surface area contributed by atoms with E-state index < -0.39 is 17.5 Å². The minimum atomic E-state index is -0.817. The third kappa shape index (κ3) is 3.90. The van der Waals surface area contributed by atoms with E-state index in [0.717, 1.165) is 25.5 Å². The molecule has 1 aromatic carbocycles. The molecule has 1 fully saturated rings. The fourth-order valence-electron chi connectivity index (χ4n) is 2.36. The average molecular weight is 305 g/mol. The predicted molar refractivity (Wildman–Crippen MR) is 76.3 cm³/mol. The van der Waals surface area contributed by atoms with Gasteiger partial charge < -0.3 is 10.6 Å². The molecule has 20 heavy (non-hydrogen) atoms. The van der Waals surface area contributed by atoms with Crippen LogP contribution in [0.5, 0.6) is 0 Å². The molecule has 2 N–H and O–H groups in total. The predicted octanol–water partition coefficient (Wildman–Crippen LogP) is 2.57. The van der Waals surface area contributed by atoms with Gasteiger partial charge in [0.1, 0.15) is 11.6 Å². The lowest BCUT2D eigenvalue weighted by Gasteiger charge is -2.28. The van der Waals surface area contributed by atoms with Crippen LogP contribution in [0.15, 0.2) is 12.1 Å². The van der Waals surface area contributed by atoms with E-state index in [1.165, 1.54) is 13.0 Å². The van der Waals surface area contributed by atoms with E-state index in [0.29, 0.717) is 6.04 Å². The van der Waals surface area contributed by atoms with Crippen LogP contribution >= 0.6 is 12.4 Å². The van der Waals surface area contributed by atoms with Crippen molar-refractivity contribution < 1.29 is 13.6 Å². The molecule has 2 unspecified atom stereocenters. The summed E-state index contributed by atoms with van der Waals surface area (Å²) in [7, 11) is 0. The lowest BCUT2D eigenvalue weighted by Crippen LogP contribution is -2.46. The second-order valence-electron chi connectivity index (χ2n) is 5.13. The Morgan fingerprint density at radius 3 is 2.70 bits per heavy atom. The number of amides is 1. The highest BCUT2D eigenvalue weighted by molar-refractivity contribution is 5.94. The van der Waals surface area contributed by atoms with Gasteiger partial charge in [0, 0.05) is 18.2 Å². The van der Waals surface area contributed by atoms with Gasteiger partial charge in [0.15, 0.2) is 0 Å². The van der Waals surface area contributed by atoms with Crippen molar-refractivity contribution >= 4 is 18.3 Å². The number of hydrogen-bond acceptors (Lipinski definition) is 2. The molecular weight excluding hydrogens is 286 g/mol. The third-order valence-electron chi connectivity index (χ3n) is 3.45. The lowest BCUT2D eigenvalue weighted by molar-refractivity contribution is 0.0921. The number of halogens is 3. The van der Waals surface area contributed by atoms with Gasteiger partial charge in [0.05, 0.1) is 5.56 Å². The Balaban J connectivity index is 0.00000200. The molecule has 0 aliphatic carbocycles. The number of nitrogens with one attached hydrogen (secondary N) is 2. The van der Waals surface area contributed by atoms with Crippen LogP contribution < -0.4 is 10.6 Å². The maximum absolute atomic E-state index is 13.6. The maximum atomic E-state index is 13.6. The van der Waals surface area contributed by atoms with Crippen LogP contribution in [-0.4, -0.2) is 24.5 Å². The monoisotopic (exact) mass is 304 g/mol. The largest absolute Gasteiger partial charge is 0.349 e. The fraction of sp³-hybridized carbons (Fsp3) is 0.500. The van der Waals surface area contributed by atoms with E-state index in [4.69, 9.17) is 0 Å². The Morgan fingerprint density at radius 1 is 1.35 bits per heavy atom. The van der Waals surface area contributed by atoms with Crippen LogP contribution in [0.25, 0.3) is 0 Å². The van der Waals surface area contributed by atoms with Gasteiger partial charge in [-0.05, 0) is 44.9 Å². The van der Waals surface area contributed by atoms with Gasteiger partial charge in [-0.25, -0.2) is 8.78 Å². The Labute approximate surface area is 123 Å². The molecule has 1 aliphatic rings. The van der Waals surface area contributed by atoms with Gasteiger partial charge in [-0.3, -0.25) is 4.79 Å². The number of rotatable bonds is 2. The van der Waals surface area contributed by atoms with Crippen molar-refractivity contribution in [1.82, 2.24) is 10.6 Å². The smallest absolute Gasteiger partial charge is 0.254 e. The van der Waals surface area contributed by atoms with Crippen LogP contribution in [0.1, 0.15) is 35.7 Å². The fourth-order valence-corrected chi connectivity index (χ4v) is 2.36. The van der Waals surface area contributed by atoms with Gasteiger partial charge in [-0.15, -0.1) is 12.4 Å². The molecule has 3 nitrogen and oxygen atoms in total. The van der Waals surface area contributed by atoms with Crippen molar-refractivity contribution in [1.29, 1.82) is 0 Å². The summed E-state index contributed by atoms with van der Waals surface area (Å²) in [5.74, 6) is -1.92. The average Bonchev–Trinajstić information content (AvgIpc) is 2.33. The molecule has 1 aliphatic heterocycles. The minimum absolute atomic E-state index is 0. The molecule has 6 heteroatoms. The van der Waals surface area contributed by atoms with E-state index in [1.807, 2.05) is 6.92 Å². The number of aryl methyl sites for hydroxylation is 1. The van der Waals surface area contributed by atoms with Crippen LogP contribution in [0.4, 0.5) is 8.78 Å². The number of carbonyl (C=O) groups excluding carboxylic acids is 1. The summed E-state index contributed by atoms with van der Waals surface area (Å²) in [5.41, 5.74) is 0.176. The number of piperidine rings is 1. The van der Waals surface area contributed by atoms with Crippen molar-refractivity contribution in [3.05, 3.63) is 34.9 Å². The zero-order valence-corrected chi connectivity index (χ0v) is 12.3. The van der Waals surface area contributed by atoms with Crippen molar-refractivity contribution in [3.8, 4) is 0 Å². The van der Waals surface area contributed by atoms with Crippen molar-refractivity contribution in [2.75, 3.05) is 6.54 Å². The second kappa shape index (κ2) is 6.99. The standard InChI is InChI=1S/C14H18F2N2O.ClH/c1-8-5-11(13(16)7-12(8)15)14(19)18-10-3-4-17-9(2)6-10;/h5,7,9-10,17H,3-4,6H2,1-2H3,(H,18,19);1H. The van der Waals surface area contributed by atoms with Crippen molar-refractivity contribution in [3.63, 3.8) is 0 Å². The van der Waals surface area contributed by atoms with Gasteiger partial charge in [-0.1, -0.05) is 0 Å². The number of carbonyl (C=O) groups is 1.